The largest absolute Gasteiger partial charge is 0.481 e. The zero-order valence-electron chi connectivity index (χ0n) is 11.9. The molecule has 21 heavy (non-hydrogen) atoms. The maximum absolute atomic E-state index is 12.6. The zero-order chi connectivity index (χ0) is 14.8. The first-order valence-electron chi connectivity index (χ1n) is 7.38. The lowest BCUT2D eigenvalue weighted by molar-refractivity contribution is -0.141. The van der Waals surface area contributed by atoms with E-state index in [1.54, 1.807) is 4.90 Å². The minimum atomic E-state index is -0.896. The number of hydrogen-bond donors (Lipinski definition) is 1. The number of hydrogen-bond acceptors (Lipinski definition) is 3. The maximum Gasteiger partial charge on any atom is 0.306 e. The fourth-order valence-electron chi connectivity index (χ4n) is 3.11. The van der Waals surface area contributed by atoms with Crippen molar-refractivity contribution in [2.45, 2.75) is 31.8 Å². The van der Waals surface area contributed by atoms with Gasteiger partial charge < -0.3 is 14.7 Å². The summed E-state index contributed by atoms with van der Waals surface area (Å²) < 4.78 is 5.40. The molecule has 1 aliphatic carbocycles. The first-order chi connectivity index (χ1) is 10.1. The van der Waals surface area contributed by atoms with Crippen molar-refractivity contribution in [2.24, 2.45) is 0 Å². The molecule has 1 aromatic rings. The summed E-state index contributed by atoms with van der Waals surface area (Å²) in [6.07, 6.45) is 2.83. The van der Waals surface area contributed by atoms with Crippen LogP contribution >= 0.6 is 0 Å². The van der Waals surface area contributed by atoms with Gasteiger partial charge in [-0.1, -0.05) is 6.07 Å². The Morgan fingerprint density at radius 2 is 2.10 bits per heavy atom. The first-order valence-corrected chi connectivity index (χ1v) is 7.38. The van der Waals surface area contributed by atoms with Crippen molar-refractivity contribution >= 4 is 11.9 Å². The number of aliphatic carboxylic acids is 1. The third-order valence-electron chi connectivity index (χ3n) is 4.17. The molecule has 1 fully saturated rings. The molecular weight excluding hydrogens is 270 g/mol. The molecule has 1 amide bonds. The molecule has 2 aliphatic rings. The van der Waals surface area contributed by atoms with E-state index in [2.05, 4.69) is 0 Å². The summed E-state index contributed by atoms with van der Waals surface area (Å²) in [6.45, 7) is 1.27. The second-order valence-electron chi connectivity index (χ2n) is 5.68. The number of carboxylic acids is 1. The Morgan fingerprint density at radius 3 is 2.90 bits per heavy atom. The van der Waals surface area contributed by atoms with Crippen LogP contribution in [0.3, 0.4) is 0 Å². The van der Waals surface area contributed by atoms with Crippen molar-refractivity contribution in [1.29, 1.82) is 0 Å². The normalized spacial score (nSPS) is 21.1. The van der Waals surface area contributed by atoms with E-state index in [-0.39, 0.29) is 12.3 Å². The van der Waals surface area contributed by atoms with Crippen LogP contribution in [0.2, 0.25) is 0 Å². The smallest absolute Gasteiger partial charge is 0.306 e. The molecular formula is C16H19NO4. The number of aryl methyl sites for hydroxylation is 2. The van der Waals surface area contributed by atoms with Crippen LogP contribution in [0.1, 0.15) is 34.3 Å². The van der Waals surface area contributed by atoms with Crippen molar-refractivity contribution in [3.8, 4) is 0 Å². The van der Waals surface area contributed by atoms with E-state index < -0.39 is 12.1 Å². The predicted molar refractivity (Wildman–Crippen MR) is 76.4 cm³/mol. The molecule has 1 aromatic carbocycles. The SMILES string of the molecule is O=C(O)C[C@H]1CN(C(=O)c2ccc3c(c2)CCC3)CCO1. The fourth-order valence-corrected chi connectivity index (χ4v) is 3.11. The molecule has 1 saturated heterocycles. The molecule has 5 nitrogen and oxygen atoms in total. The van der Waals surface area contributed by atoms with E-state index in [1.165, 1.54) is 11.1 Å². The number of fused-ring (bicyclic) bond motifs is 1. The second kappa shape index (κ2) is 5.85. The highest BCUT2D eigenvalue weighted by Gasteiger charge is 2.27. The van der Waals surface area contributed by atoms with Crippen LogP contribution in [-0.4, -0.2) is 47.7 Å². The van der Waals surface area contributed by atoms with Gasteiger partial charge in [0.05, 0.1) is 19.1 Å². The number of carboxylic acid groups (broad SMARTS) is 1. The summed E-state index contributed by atoms with van der Waals surface area (Å²) in [5.74, 6) is -0.921. The Balaban J connectivity index is 1.71. The van der Waals surface area contributed by atoms with Crippen LogP contribution in [-0.2, 0) is 22.4 Å². The highest BCUT2D eigenvalue weighted by Crippen LogP contribution is 2.24. The number of carbonyl (C=O) groups excluding carboxylic acids is 1. The van der Waals surface area contributed by atoms with Crippen LogP contribution in [0.5, 0.6) is 0 Å². The molecule has 1 atom stereocenters. The van der Waals surface area contributed by atoms with Crippen molar-refractivity contribution < 1.29 is 19.4 Å². The van der Waals surface area contributed by atoms with Crippen molar-refractivity contribution in [3.63, 3.8) is 0 Å². The average molecular weight is 289 g/mol. The quantitative estimate of drug-likeness (QED) is 0.915. The van der Waals surface area contributed by atoms with Gasteiger partial charge in [0, 0.05) is 18.7 Å². The minimum absolute atomic E-state index is 0.0246. The van der Waals surface area contributed by atoms with E-state index >= 15 is 0 Å². The molecule has 1 heterocycles. The van der Waals surface area contributed by atoms with Crippen LogP contribution in [0.25, 0.3) is 0 Å². The van der Waals surface area contributed by atoms with Crippen molar-refractivity contribution in [3.05, 3.63) is 34.9 Å². The van der Waals surface area contributed by atoms with Gasteiger partial charge in [-0.15, -0.1) is 0 Å². The number of nitrogens with zero attached hydrogens (tertiary/aromatic N) is 1. The Bertz CT molecular complexity index is 569. The average Bonchev–Trinajstić information content (AvgIpc) is 2.93. The standard InChI is InChI=1S/C16H19NO4/c18-15(19)9-14-10-17(6-7-21-14)16(20)13-5-4-11-2-1-3-12(11)8-13/h4-5,8,14H,1-3,6-7,9-10H2,(H,18,19)/t14-/m0/s1. The molecule has 0 aromatic heterocycles. The molecule has 112 valence electrons. The molecule has 0 saturated carbocycles. The minimum Gasteiger partial charge on any atom is -0.481 e. The molecule has 0 bridgehead atoms. The maximum atomic E-state index is 12.6. The van der Waals surface area contributed by atoms with Gasteiger partial charge in [0.1, 0.15) is 0 Å². The number of morpholine rings is 1. The number of carbonyl (C=O) groups is 2. The summed E-state index contributed by atoms with van der Waals surface area (Å²) in [5.41, 5.74) is 3.32. The third-order valence-corrected chi connectivity index (χ3v) is 4.17. The number of rotatable bonds is 3. The molecule has 1 N–H and O–H groups in total. The Hall–Kier alpha value is -1.88. The van der Waals surface area contributed by atoms with Gasteiger partial charge in [-0.2, -0.15) is 0 Å². The van der Waals surface area contributed by atoms with E-state index in [0.29, 0.717) is 25.3 Å². The van der Waals surface area contributed by atoms with Crippen LogP contribution in [0, 0.1) is 0 Å². The molecule has 0 unspecified atom stereocenters. The van der Waals surface area contributed by atoms with E-state index in [0.717, 1.165) is 19.3 Å². The summed E-state index contributed by atoms with van der Waals surface area (Å²) in [5, 5.41) is 8.83. The van der Waals surface area contributed by atoms with Gasteiger partial charge in [0.2, 0.25) is 0 Å². The Kier molecular flexibility index (Phi) is 3.92. The number of amides is 1. The summed E-state index contributed by atoms with van der Waals surface area (Å²) in [6, 6.07) is 5.92. The molecule has 5 heteroatoms. The lowest BCUT2D eigenvalue weighted by atomic mass is 10.0. The van der Waals surface area contributed by atoms with Gasteiger partial charge in [-0.3, -0.25) is 9.59 Å². The van der Waals surface area contributed by atoms with E-state index in [4.69, 9.17) is 9.84 Å². The van der Waals surface area contributed by atoms with Crippen molar-refractivity contribution in [1.82, 2.24) is 4.90 Å². The Morgan fingerprint density at radius 1 is 1.29 bits per heavy atom. The molecule has 0 radical (unpaired) electrons. The molecule has 1 aliphatic heterocycles. The zero-order valence-corrected chi connectivity index (χ0v) is 11.9. The lowest BCUT2D eigenvalue weighted by Crippen LogP contribution is -2.46. The van der Waals surface area contributed by atoms with Gasteiger partial charge in [0.25, 0.3) is 5.91 Å². The van der Waals surface area contributed by atoms with Crippen LogP contribution in [0.4, 0.5) is 0 Å². The Labute approximate surface area is 123 Å². The van der Waals surface area contributed by atoms with E-state index in [9.17, 15) is 9.59 Å². The first kappa shape index (κ1) is 14.1. The second-order valence-corrected chi connectivity index (χ2v) is 5.68. The topological polar surface area (TPSA) is 66.8 Å². The van der Waals surface area contributed by atoms with Gasteiger partial charge in [-0.25, -0.2) is 0 Å². The molecule has 3 rings (SSSR count). The van der Waals surface area contributed by atoms with Crippen molar-refractivity contribution in [2.75, 3.05) is 19.7 Å². The predicted octanol–water partition coefficient (Wildman–Crippen LogP) is 1.49. The van der Waals surface area contributed by atoms with Gasteiger partial charge >= 0.3 is 5.97 Å². The summed E-state index contributed by atoms with van der Waals surface area (Å²) in [7, 11) is 0. The third kappa shape index (κ3) is 3.08. The highest BCUT2D eigenvalue weighted by molar-refractivity contribution is 5.94. The van der Waals surface area contributed by atoms with Gasteiger partial charge in [0.15, 0.2) is 0 Å². The van der Waals surface area contributed by atoms with Crippen LogP contribution in [0.15, 0.2) is 18.2 Å². The number of benzene rings is 1. The summed E-state index contributed by atoms with van der Waals surface area (Å²) >= 11 is 0. The van der Waals surface area contributed by atoms with Crippen LogP contribution < -0.4 is 0 Å². The molecule has 0 spiro atoms. The lowest BCUT2D eigenvalue weighted by Gasteiger charge is -2.32. The fraction of sp³-hybridized carbons (Fsp3) is 0.500. The summed E-state index contributed by atoms with van der Waals surface area (Å²) in [4.78, 5) is 25.0. The monoisotopic (exact) mass is 289 g/mol. The van der Waals surface area contributed by atoms with E-state index in [1.807, 2.05) is 18.2 Å². The highest BCUT2D eigenvalue weighted by atomic mass is 16.5. The number of ether oxygens (including phenoxy) is 1. The van der Waals surface area contributed by atoms with Gasteiger partial charge in [-0.05, 0) is 42.5 Å².